The number of hydrogen-bond donors (Lipinski definition) is 1. The molecule has 0 fully saturated rings. The Kier molecular flexibility index (Phi) is 3.84. The lowest BCUT2D eigenvalue weighted by atomic mass is 10.1. The van der Waals surface area contributed by atoms with Gasteiger partial charge < -0.3 is 14.8 Å². The van der Waals surface area contributed by atoms with Crippen LogP contribution >= 0.6 is 22.9 Å². The molecule has 0 saturated carbocycles. The average Bonchev–Trinajstić information content (AvgIpc) is 3.27. The number of ether oxygens (including phenoxy) is 2. The van der Waals surface area contributed by atoms with E-state index in [9.17, 15) is 4.79 Å². The van der Waals surface area contributed by atoms with E-state index in [2.05, 4.69) is 10.3 Å². The van der Waals surface area contributed by atoms with Gasteiger partial charge in [0, 0.05) is 28.4 Å². The molecular weight excluding hydrogens is 348 g/mol. The second-order valence-corrected chi connectivity index (χ2v) is 6.36. The van der Waals surface area contributed by atoms with Gasteiger partial charge >= 0.3 is 0 Å². The standard InChI is InChI=1S/C17H11ClN2O3S/c18-13-7-11(8-14-15(13)23-9-22-14)16(21)20-12-3-1-10(2-4-12)17-19-5-6-24-17/h1-8H,9H2,(H,20,21). The lowest BCUT2D eigenvalue weighted by Gasteiger charge is -2.07. The summed E-state index contributed by atoms with van der Waals surface area (Å²) in [6.07, 6.45) is 1.76. The van der Waals surface area contributed by atoms with E-state index >= 15 is 0 Å². The smallest absolute Gasteiger partial charge is 0.255 e. The van der Waals surface area contributed by atoms with Gasteiger partial charge in [-0.15, -0.1) is 11.3 Å². The molecule has 2 aromatic carbocycles. The number of rotatable bonds is 3. The molecule has 1 aromatic heterocycles. The van der Waals surface area contributed by atoms with Gasteiger partial charge in [-0.3, -0.25) is 4.79 Å². The van der Waals surface area contributed by atoms with Crippen molar-refractivity contribution in [3.63, 3.8) is 0 Å². The molecule has 3 aromatic rings. The van der Waals surface area contributed by atoms with Crippen molar-refractivity contribution in [2.75, 3.05) is 12.1 Å². The zero-order chi connectivity index (χ0) is 16.5. The van der Waals surface area contributed by atoms with Crippen LogP contribution in [0.1, 0.15) is 10.4 Å². The van der Waals surface area contributed by atoms with Crippen LogP contribution in [0.5, 0.6) is 11.5 Å². The van der Waals surface area contributed by atoms with Crippen LogP contribution in [0.15, 0.2) is 48.0 Å². The highest BCUT2D eigenvalue weighted by Crippen LogP contribution is 2.39. The highest BCUT2D eigenvalue weighted by atomic mass is 35.5. The second kappa shape index (κ2) is 6.14. The van der Waals surface area contributed by atoms with Crippen LogP contribution in [0.3, 0.4) is 0 Å². The number of anilines is 1. The largest absolute Gasteiger partial charge is 0.454 e. The first kappa shape index (κ1) is 15.0. The minimum atomic E-state index is -0.266. The van der Waals surface area contributed by atoms with Gasteiger partial charge in [0.2, 0.25) is 6.79 Å². The molecule has 5 nitrogen and oxygen atoms in total. The Morgan fingerprint density at radius 3 is 2.79 bits per heavy atom. The van der Waals surface area contributed by atoms with Crippen LogP contribution in [-0.2, 0) is 0 Å². The molecule has 1 amide bonds. The summed E-state index contributed by atoms with van der Waals surface area (Å²) in [4.78, 5) is 16.7. The summed E-state index contributed by atoms with van der Waals surface area (Å²) in [6.45, 7) is 0.109. The van der Waals surface area contributed by atoms with Crippen molar-refractivity contribution >= 4 is 34.5 Å². The van der Waals surface area contributed by atoms with E-state index in [1.54, 1.807) is 29.7 Å². The molecule has 0 aliphatic carbocycles. The first-order valence-electron chi connectivity index (χ1n) is 7.11. The number of carbonyl (C=O) groups is 1. The number of nitrogens with one attached hydrogen (secondary N) is 1. The molecule has 24 heavy (non-hydrogen) atoms. The molecule has 7 heteroatoms. The third-order valence-corrected chi connectivity index (χ3v) is 4.61. The molecule has 1 aliphatic rings. The van der Waals surface area contributed by atoms with E-state index in [0.29, 0.717) is 27.8 Å². The fourth-order valence-electron chi connectivity index (χ4n) is 2.36. The molecule has 0 unspecified atom stereocenters. The van der Waals surface area contributed by atoms with Crippen molar-refractivity contribution in [1.29, 1.82) is 0 Å². The minimum Gasteiger partial charge on any atom is -0.454 e. The van der Waals surface area contributed by atoms with E-state index in [1.807, 2.05) is 29.6 Å². The van der Waals surface area contributed by atoms with Crippen molar-refractivity contribution in [3.8, 4) is 22.1 Å². The Bertz CT molecular complexity index is 895. The summed E-state index contributed by atoms with van der Waals surface area (Å²) < 4.78 is 10.5. The van der Waals surface area contributed by atoms with Crippen LogP contribution in [0.2, 0.25) is 5.02 Å². The van der Waals surface area contributed by atoms with Crippen LogP contribution in [0.25, 0.3) is 10.6 Å². The van der Waals surface area contributed by atoms with Gasteiger partial charge in [-0.2, -0.15) is 0 Å². The third kappa shape index (κ3) is 2.81. The van der Waals surface area contributed by atoms with Crippen LogP contribution < -0.4 is 14.8 Å². The summed E-state index contributed by atoms with van der Waals surface area (Å²) in [5, 5.41) is 6.06. The van der Waals surface area contributed by atoms with Gasteiger partial charge in [0.15, 0.2) is 11.5 Å². The van der Waals surface area contributed by atoms with Gasteiger partial charge in [-0.05, 0) is 36.4 Å². The molecule has 1 N–H and O–H groups in total. The van der Waals surface area contributed by atoms with Crippen LogP contribution in [0.4, 0.5) is 5.69 Å². The molecule has 0 spiro atoms. The van der Waals surface area contributed by atoms with Crippen molar-refractivity contribution in [2.45, 2.75) is 0 Å². The molecule has 0 bridgehead atoms. The number of aromatic nitrogens is 1. The number of carbonyl (C=O) groups excluding carboxylic acids is 1. The number of benzene rings is 2. The minimum absolute atomic E-state index is 0.109. The van der Waals surface area contributed by atoms with Gasteiger partial charge in [0.25, 0.3) is 5.91 Å². The van der Waals surface area contributed by atoms with Crippen molar-refractivity contribution in [1.82, 2.24) is 4.98 Å². The third-order valence-electron chi connectivity index (χ3n) is 3.51. The van der Waals surface area contributed by atoms with Gasteiger partial charge in [0.05, 0.1) is 5.02 Å². The van der Waals surface area contributed by atoms with E-state index in [-0.39, 0.29) is 12.7 Å². The van der Waals surface area contributed by atoms with Gasteiger partial charge in [0.1, 0.15) is 5.01 Å². The maximum absolute atomic E-state index is 12.4. The molecule has 2 heterocycles. The zero-order valence-corrected chi connectivity index (χ0v) is 13.9. The highest BCUT2D eigenvalue weighted by Gasteiger charge is 2.20. The zero-order valence-electron chi connectivity index (χ0n) is 12.3. The number of amides is 1. The topological polar surface area (TPSA) is 60.5 Å². The average molecular weight is 359 g/mol. The molecule has 0 saturated heterocycles. The number of thiazole rings is 1. The molecule has 4 rings (SSSR count). The summed E-state index contributed by atoms with van der Waals surface area (Å²) >= 11 is 7.68. The summed E-state index contributed by atoms with van der Waals surface area (Å²) in [6, 6.07) is 10.7. The number of nitrogens with zero attached hydrogens (tertiary/aromatic N) is 1. The highest BCUT2D eigenvalue weighted by molar-refractivity contribution is 7.13. The Morgan fingerprint density at radius 2 is 2.04 bits per heavy atom. The molecule has 1 aliphatic heterocycles. The van der Waals surface area contributed by atoms with E-state index in [1.165, 1.54) is 0 Å². The predicted octanol–water partition coefficient (Wildman–Crippen LogP) is 4.44. The van der Waals surface area contributed by atoms with Crippen LogP contribution in [-0.4, -0.2) is 17.7 Å². The first-order valence-corrected chi connectivity index (χ1v) is 8.37. The van der Waals surface area contributed by atoms with Crippen molar-refractivity contribution in [3.05, 3.63) is 58.6 Å². The monoisotopic (exact) mass is 358 g/mol. The normalized spacial score (nSPS) is 12.2. The first-order chi connectivity index (χ1) is 11.7. The van der Waals surface area contributed by atoms with E-state index in [0.717, 1.165) is 10.6 Å². The second-order valence-electron chi connectivity index (χ2n) is 5.06. The summed E-state index contributed by atoms with van der Waals surface area (Å²) in [7, 11) is 0. The Hall–Kier alpha value is -2.57. The van der Waals surface area contributed by atoms with Crippen molar-refractivity contribution in [2.24, 2.45) is 0 Å². The van der Waals surface area contributed by atoms with E-state index in [4.69, 9.17) is 21.1 Å². The van der Waals surface area contributed by atoms with E-state index < -0.39 is 0 Å². The Morgan fingerprint density at radius 1 is 1.21 bits per heavy atom. The molecule has 120 valence electrons. The maximum Gasteiger partial charge on any atom is 0.255 e. The molecular formula is C17H11ClN2O3S. The molecule has 0 atom stereocenters. The summed E-state index contributed by atoms with van der Waals surface area (Å²) in [5.41, 5.74) is 2.11. The lowest BCUT2D eigenvalue weighted by Crippen LogP contribution is -2.11. The predicted molar refractivity (Wildman–Crippen MR) is 93.1 cm³/mol. The summed E-state index contributed by atoms with van der Waals surface area (Å²) in [5.74, 6) is 0.685. The fraction of sp³-hybridized carbons (Fsp3) is 0.0588. The van der Waals surface area contributed by atoms with Crippen LogP contribution in [0, 0.1) is 0 Å². The van der Waals surface area contributed by atoms with Gasteiger partial charge in [-0.1, -0.05) is 11.6 Å². The number of hydrogen-bond acceptors (Lipinski definition) is 5. The quantitative estimate of drug-likeness (QED) is 0.751. The SMILES string of the molecule is O=C(Nc1ccc(-c2nccs2)cc1)c1cc(Cl)c2c(c1)OCO2. The Balaban J connectivity index is 1.53. The van der Waals surface area contributed by atoms with Crippen molar-refractivity contribution < 1.29 is 14.3 Å². The molecule has 0 radical (unpaired) electrons. The fourth-order valence-corrected chi connectivity index (χ4v) is 3.27. The Labute approximate surface area is 146 Å². The maximum atomic E-state index is 12.4. The number of fused-ring (bicyclic) bond motifs is 1. The van der Waals surface area contributed by atoms with Gasteiger partial charge in [-0.25, -0.2) is 4.98 Å². The number of halogens is 1. The lowest BCUT2D eigenvalue weighted by molar-refractivity contribution is 0.102.